The summed E-state index contributed by atoms with van der Waals surface area (Å²) in [6.07, 6.45) is 5.49. The van der Waals surface area contributed by atoms with Gasteiger partial charge in [-0.3, -0.25) is 4.99 Å². The zero-order valence-corrected chi connectivity index (χ0v) is 15.7. The number of hydrogen-bond donors (Lipinski definition) is 2. The summed E-state index contributed by atoms with van der Waals surface area (Å²) in [4.78, 5) is 11.5. The zero-order chi connectivity index (χ0) is 18.2. The third-order valence-corrected chi connectivity index (χ3v) is 4.36. The van der Waals surface area contributed by atoms with E-state index in [1.807, 2.05) is 30.5 Å². The Morgan fingerprint density at radius 3 is 3.00 bits per heavy atom. The van der Waals surface area contributed by atoms with E-state index >= 15 is 0 Å². The molecule has 0 bridgehead atoms. The Kier molecular flexibility index (Phi) is 6.52. The Bertz CT molecular complexity index is 669. The van der Waals surface area contributed by atoms with Crippen LogP contribution in [0.1, 0.15) is 26.0 Å². The van der Waals surface area contributed by atoms with Crippen LogP contribution in [0.3, 0.4) is 0 Å². The molecule has 3 heterocycles. The van der Waals surface area contributed by atoms with E-state index in [-0.39, 0.29) is 0 Å². The van der Waals surface area contributed by atoms with Gasteiger partial charge in [0.15, 0.2) is 5.96 Å². The molecule has 1 unspecified atom stereocenters. The molecule has 6 heteroatoms. The van der Waals surface area contributed by atoms with Gasteiger partial charge in [-0.15, -0.1) is 0 Å². The van der Waals surface area contributed by atoms with Gasteiger partial charge in [-0.2, -0.15) is 0 Å². The summed E-state index contributed by atoms with van der Waals surface area (Å²) in [5, 5.41) is 7.03. The van der Waals surface area contributed by atoms with Crippen molar-refractivity contribution in [2.75, 3.05) is 31.1 Å². The van der Waals surface area contributed by atoms with Crippen LogP contribution in [-0.4, -0.2) is 43.2 Å². The van der Waals surface area contributed by atoms with Crippen LogP contribution in [0.25, 0.3) is 0 Å². The molecular weight excluding hydrogens is 326 g/mol. The van der Waals surface area contributed by atoms with E-state index in [1.165, 1.54) is 0 Å². The van der Waals surface area contributed by atoms with Gasteiger partial charge in [-0.1, -0.05) is 19.9 Å². The predicted octanol–water partition coefficient (Wildman–Crippen LogP) is 2.69. The summed E-state index contributed by atoms with van der Waals surface area (Å²) >= 11 is 0. The molecule has 1 fully saturated rings. The minimum absolute atomic E-state index is 0.374. The van der Waals surface area contributed by atoms with Gasteiger partial charge in [0.25, 0.3) is 0 Å². The normalized spacial score (nSPS) is 17.7. The van der Waals surface area contributed by atoms with Gasteiger partial charge >= 0.3 is 0 Å². The van der Waals surface area contributed by atoms with E-state index < -0.39 is 0 Å². The van der Waals surface area contributed by atoms with Crippen molar-refractivity contribution < 1.29 is 4.42 Å². The topological polar surface area (TPSA) is 65.7 Å². The molecule has 3 rings (SSSR count). The number of furan rings is 1. The zero-order valence-electron chi connectivity index (χ0n) is 15.7. The molecule has 140 valence electrons. The van der Waals surface area contributed by atoms with Crippen LogP contribution < -0.4 is 15.5 Å². The van der Waals surface area contributed by atoms with Gasteiger partial charge < -0.3 is 20.0 Å². The SMILES string of the molecule is CC(C)CN=C(NCCc1ccco1)NC1CCN(c2ccccn2)C1. The van der Waals surface area contributed by atoms with Crippen molar-refractivity contribution in [1.82, 2.24) is 15.6 Å². The van der Waals surface area contributed by atoms with Crippen molar-refractivity contribution in [3.63, 3.8) is 0 Å². The summed E-state index contributed by atoms with van der Waals surface area (Å²) in [5.74, 6) is 3.46. The molecule has 0 radical (unpaired) electrons. The number of hydrogen-bond acceptors (Lipinski definition) is 4. The van der Waals surface area contributed by atoms with Crippen LogP contribution in [0.2, 0.25) is 0 Å². The lowest BCUT2D eigenvalue weighted by atomic mass is 10.2. The van der Waals surface area contributed by atoms with Gasteiger partial charge in [0, 0.05) is 44.8 Å². The lowest BCUT2D eigenvalue weighted by Gasteiger charge is -2.20. The van der Waals surface area contributed by atoms with Crippen LogP contribution in [0.15, 0.2) is 52.2 Å². The molecule has 0 aliphatic carbocycles. The van der Waals surface area contributed by atoms with Crippen LogP contribution in [0.5, 0.6) is 0 Å². The Hall–Kier alpha value is -2.50. The Morgan fingerprint density at radius 2 is 2.27 bits per heavy atom. The lowest BCUT2D eigenvalue weighted by Crippen LogP contribution is -2.45. The Morgan fingerprint density at radius 1 is 1.35 bits per heavy atom. The maximum absolute atomic E-state index is 5.40. The highest BCUT2D eigenvalue weighted by molar-refractivity contribution is 5.80. The highest BCUT2D eigenvalue weighted by Crippen LogP contribution is 2.17. The van der Waals surface area contributed by atoms with Gasteiger partial charge in [0.05, 0.1) is 6.26 Å². The van der Waals surface area contributed by atoms with Crippen molar-refractivity contribution in [1.29, 1.82) is 0 Å². The highest BCUT2D eigenvalue weighted by atomic mass is 16.3. The molecule has 2 N–H and O–H groups in total. The second kappa shape index (κ2) is 9.27. The minimum atomic E-state index is 0.374. The van der Waals surface area contributed by atoms with Crippen LogP contribution in [0.4, 0.5) is 5.82 Å². The van der Waals surface area contributed by atoms with Crippen molar-refractivity contribution in [2.45, 2.75) is 32.7 Å². The third kappa shape index (κ3) is 5.51. The summed E-state index contributed by atoms with van der Waals surface area (Å²) in [7, 11) is 0. The average molecular weight is 355 g/mol. The van der Waals surface area contributed by atoms with Gasteiger partial charge in [0.2, 0.25) is 0 Å². The number of aliphatic imine (C=N–C) groups is 1. The molecule has 6 nitrogen and oxygen atoms in total. The predicted molar refractivity (Wildman–Crippen MR) is 106 cm³/mol. The summed E-state index contributed by atoms with van der Waals surface area (Å²) in [5.41, 5.74) is 0. The quantitative estimate of drug-likeness (QED) is 0.590. The van der Waals surface area contributed by atoms with Crippen molar-refractivity contribution in [3.8, 4) is 0 Å². The molecular formula is C20H29N5O. The number of rotatable bonds is 7. The second-order valence-corrected chi connectivity index (χ2v) is 7.10. The Labute approximate surface area is 155 Å². The first-order valence-electron chi connectivity index (χ1n) is 9.44. The third-order valence-electron chi connectivity index (χ3n) is 4.36. The fourth-order valence-electron chi connectivity index (χ4n) is 3.01. The van der Waals surface area contributed by atoms with Crippen LogP contribution in [-0.2, 0) is 6.42 Å². The van der Waals surface area contributed by atoms with Gasteiger partial charge in [0.1, 0.15) is 11.6 Å². The van der Waals surface area contributed by atoms with E-state index in [0.717, 1.165) is 56.6 Å². The fourth-order valence-corrected chi connectivity index (χ4v) is 3.01. The van der Waals surface area contributed by atoms with E-state index in [4.69, 9.17) is 9.41 Å². The molecule has 2 aromatic rings. The van der Waals surface area contributed by atoms with E-state index in [9.17, 15) is 0 Å². The molecule has 1 aliphatic heterocycles. The van der Waals surface area contributed by atoms with E-state index in [1.54, 1.807) is 6.26 Å². The number of pyridine rings is 1. The maximum Gasteiger partial charge on any atom is 0.191 e. The minimum Gasteiger partial charge on any atom is -0.469 e. The first-order chi connectivity index (χ1) is 12.7. The fraction of sp³-hybridized carbons (Fsp3) is 0.500. The Balaban J connectivity index is 1.52. The largest absolute Gasteiger partial charge is 0.469 e. The molecule has 0 amide bonds. The number of guanidine groups is 1. The molecule has 0 saturated carbocycles. The van der Waals surface area contributed by atoms with Crippen LogP contribution in [0, 0.1) is 5.92 Å². The molecule has 0 spiro atoms. The molecule has 26 heavy (non-hydrogen) atoms. The molecule has 1 saturated heterocycles. The maximum atomic E-state index is 5.40. The second-order valence-electron chi connectivity index (χ2n) is 7.10. The van der Waals surface area contributed by atoms with Gasteiger partial charge in [-0.25, -0.2) is 4.98 Å². The standard InChI is InChI=1S/C20H29N5O/c1-16(2)14-23-20(22-11-8-18-6-5-13-26-18)24-17-9-12-25(15-17)19-7-3-4-10-21-19/h3-7,10,13,16-17H,8-9,11-12,14-15H2,1-2H3,(H2,22,23,24). The van der Waals surface area contributed by atoms with Crippen LogP contribution >= 0.6 is 0 Å². The monoisotopic (exact) mass is 355 g/mol. The van der Waals surface area contributed by atoms with E-state index in [0.29, 0.717) is 12.0 Å². The smallest absolute Gasteiger partial charge is 0.191 e. The first-order valence-corrected chi connectivity index (χ1v) is 9.44. The molecule has 2 aromatic heterocycles. The summed E-state index contributed by atoms with van der Waals surface area (Å²) in [6, 6.07) is 10.4. The highest BCUT2D eigenvalue weighted by Gasteiger charge is 2.24. The summed E-state index contributed by atoms with van der Waals surface area (Å²) < 4.78 is 5.40. The molecule has 1 aliphatic rings. The average Bonchev–Trinajstić information content (AvgIpc) is 3.32. The van der Waals surface area contributed by atoms with E-state index in [2.05, 4.69) is 40.4 Å². The number of aromatic nitrogens is 1. The van der Waals surface area contributed by atoms with Gasteiger partial charge in [-0.05, 0) is 36.6 Å². The van der Waals surface area contributed by atoms with Crippen molar-refractivity contribution in [3.05, 3.63) is 48.6 Å². The number of nitrogens with one attached hydrogen (secondary N) is 2. The number of anilines is 1. The van der Waals surface area contributed by atoms with Crippen molar-refractivity contribution >= 4 is 11.8 Å². The first kappa shape index (κ1) is 18.3. The number of nitrogens with zero attached hydrogens (tertiary/aromatic N) is 3. The summed E-state index contributed by atoms with van der Waals surface area (Å²) in [6.45, 7) is 7.93. The molecule has 0 aromatic carbocycles. The van der Waals surface area contributed by atoms with Crippen molar-refractivity contribution in [2.24, 2.45) is 10.9 Å². The lowest BCUT2D eigenvalue weighted by molar-refractivity contribution is 0.506. The molecule has 1 atom stereocenters.